The minimum atomic E-state index is 0.163. The fourth-order valence-corrected chi connectivity index (χ4v) is 1.83. The van der Waals surface area contributed by atoms with E-state index >= 15 is 0 Å². The third-order valence-corrected chi connectivity index (χ3v) is 2.96. The number of carbonyl (C=O) groups is 1. The van der Waals surface area contributed by atoms with Crippen molar-refractivity contribution in [2.45, 2.75) is 26.2 Å². The van der Waals surface area contributed by atoms with Crippen LogP contribution in [0.3, 0.4) is 0 Å². The molecule has 1 aliphatic rings. The summed E-state index contributed by atoms with van der Waals surface area (Å²) in [6.07, 6.45) is 2.76. The zero-order valence-corrected chi connectivity index (χ0v) is 9.21. The summed E-state index contributed by atoms with van der Waals surface area (Å²) in [5.41, 5.74) is 0. The highest BCUT2D eigenvalue weighted by Gasteiger charge is 2.21. The largest absolute Gasteiger partial charge is 0.385 e. The van der Waals surface area contributed by atoms with Crippen molar-refractivity contribution in [1.82, 2.24) is 5.32 Å². The molecule has 3 heteroatoms. The molecule has 14 heavy (non-hydrogen) atoms. The standard InChI is InChI=1S/C11H21NO2/c1-9(4-6-14-2)11(13)7-10-3-5-12-8-10/h9-10,12H,3-8H2,1-2H3. The Morgan fingerprint density at radius 3 is 3.00 bits per heavy atom. The van der Waals surface area contributed by atoms with E-state index in [-0.39, 0.29) is 5.92 Å². The van der Waals surface area contributed by atoms with Crippen LogP contribution in [0.4, 0.5) is 0 Å². The second-order valence-electron chi connectivity index (χ2n) is 4.21. The maximum atomic E-state index is 11.7. The van der Waals surface area contributed by atoms with Gasteiger partial charge in [-0.1, -0.05) is 6.92 Å². The van der Waals surface area contributed by atoms with Crippen LogP contribution in [0.25, 0.3) is 0 Å². The number of ether oxygens (including phenoxy) is 1. The molecule has 0 aliphatic carbocycles. The van der Waals surface area contributed by atoms with Crippen molar-refractivity contribution in [3.63, 3.8) is 0 Å². The van der Waals surface area contributed by atoms with E-state index in [0.29, 0.717) is 18.3 Å². The van der Waals surface area contributed by atoms with Crippen molar-refractivity contribution in [3.05, 3.63) is 0 Å². The molecule has 1 fully saturated rings. The SMILES string of the molecule is COCCC(C)C(=O)CC1CCNC1. The number of ketones is 1. The molecule has 1 N–H and O–H groups in total. The van der Waals surface area contributed by atoms with Gasteiger partial charge < -0.3 is 10.1 Å². The molecular formula is C11H21NO2. The first kappa shape index (κ1) is 11.7. The molecule has 0 spiro atoms. The zero-order chi connectivity index (χ0) is 10.4. The van der Waals surface area contributed by atoms with Crippen molar-refractivity contribution in [1.29, 1.82) is 0 Å². The molecule has 1 rings (SSSR count). The van der Waals surface area contributed by atoms with Crippen molar-refractivity contribution in [3.8, 4) is 0 Å². The van der Waals surface area contributed by atoms with Crippen LogP contribution in [-0.2, 0) is 9.53 Å². The maximum Gasteiger partial charge on any atom is 0.136 e. The van der Waals surface area contributed by atoms with Crippen molar-refractivity contribution < 1.29 is 9.53 Å². The van der Waals surface area contributed by atoms with Gasteiger partial charge in [0.1, 0.15) is 5.78 Å². The van der Waals surface area contributed by atoms with Gasteiger partial charge in [-0.2, -0.15) is 0 Å². The molecular weight excluding hydrogens is 178 g/mol. The zero-order valence-electron chi connectivity index (χ0n) is 9.21. The van der Waals surface area contributed by atoms with Crippen LogP contribution in [0.5, 0.6) is 0 Å². The average molecular weight is 199 g/mol. The molecule has 1 heterocycles. The van der Waals surface area contributed by atoms with Crippen LogP contribution in [0.15, 0.2) is 0 Å². The molecule has 0 aromatic heterocycles. The fourth-order valence-electron chi connectivity index (χ4n) is 1.83. The molecule has 0 aromatic rings. The van der Waals surface area contributed by atoms with E-state index in [1.54, 1.807) is 7.11 Å². The lowest BCUT2D eigenvalue weighted by Crippen LogP contribution is -2.18. The Labute approximate surface area is 86.2 Å². The minimum absolute atomic E-state index is 0.163. The topological polar surface area (TPSA) is 38.3 Å². The summed E-state index contributed by atoms with van der Waals surface area (Å²) in [6.45, 7) is 4.78. The van der Waals surface area contributed by atoms with Crippen LogP contribution in [0, 0.1) is 11.8 Å². The normalized spacial score (nSPS) is 23.7. The highest BCUT2D eigenvalue weighted by molar-refractivity contribution is 5.80. The lowest BCUT2D eigenvalue weighted by atomic mass is 9.93. The molecule has 0 bridgehead atoms. The van der Waals surface area contributed by atoms with E-state index in [4.69, 9.17) is 4.74 Å². The third-order valence-electron chi connectivity index (χ3n) is 2.96. The lowest BCUT2D eigenvalue weighted by Gasteiger charge is -2.12. The molecule has 2 unspecified atom stereocenters. The van der Waals surface area contributed by atoms with Gasteiger partial charge in [0, 0.05) is 26.1 Å². The molecule has 3 nitrogen and oxygen atoms in total. The maximum absolute atomic E-state index is 11.7. The van der Waals surface area contributed by atoms with E-state index in [2.05, 4.69) is 5.32 Å². The van der Waals surface area contributed by atoms with Gasteiger partial charge in [-0.15, -0.1) is 0 Å². The summed E-state index contributed by atoms with van der Waals surface area (Å²) in [5, 5.41) is 3.28. The smallest absolute Gasteiger partial charge is 0.136 e. The Morgan fingerprint density at radius 2 is 2.43 bits per heavy atom. The molecule has 0 amide bonds. The van der Waals surface area contributed by atoms with E-state index in [9.17, 15) is 4.79 Å². The number of rotatable bonds is 6. The lowest BCUT2D eigenvalue weighted by molar-refractivity contribution is -0.123. The van der Waals surface area contributed by atoms with Crippen LogP contribution < -0.4 is 5.32 Å². The van der Waals surface area contributed by atoms with E-state index in [1.807, 2.05) is 6.92 Å². The van der Waals surface area contributed by atoms with Gasteiger partial charge in [0.05, 0.1) is 0 Å². The molecule has 2 atom stereocenters. The minimum Gasteiger partial charge on any atom is -0.385 e. The molecule has 0 aromatic carbocycles. The van der Waals surface area contributed by atoms with Crippen LogP contribution >= 0.6 is 0 Å². The van der Waals surface area contributed by atoms with Crippen molar-refractivity contribution >= 4 is 5.78 Å². The fraction of sp³-hybridized carbons (Fsp3) is 0.909. The molecule has 0 saturated carbocycles. The van der Waals surface area contributed by atoms with Crippen LogP contribution in [0.2, 0.25) is 0 Å². The van der Waals surface area contributed by atoms with Gasteiger partial charge in [0.25, 0.3) is 0 Å². The third kappa shape index (κ3) is 3.76. The summed E-state index contributed by atoms with van der Waals surface area (Å²) in [4.78, 5) is 11.7. The Balaban J connectivity index is 2.18. The number of carbonyl (C=O) groups excluding carboxylic acids is 1. The second-order valence-corrected chi connectivity index (χ2v) is 4.21. The predicted octanol–water partition coefficient (Wildman–Crippen LogP) is 1.23. The predicted molar refractivity (Wildman–Crippen MR) is 56.3 cm³/mol. The van der Waals surface area contributed by atoms with Gasteiger partial charge >= 0.3 is 0 Å². The Morgan fingerprint density at radius 1 is 1.64 bits per heavy atom. The van der Waals surface area contributed by atoms with Crippen LogP contribution in [0.1, 0.15) is 26.2 Å². The summed E-state index contributed by atoms with van der Waals surface area (Å²) in [5.74, 6) is 1.14. The molecule has 1 saturated heterocycles. The first-order valence-electron chi connectivity index (χ1n) is 5.46. The Bertz CT molecular complexity index is 176. The monoisotopic (exact) mass is 199 g/mol. The van der Waals surface area contributed by atoms with E-state index in [0.717, 1.165) is 32.4 Å². The van der Waals surface area contributed by atoms with Crippen LogP contribution in [-0.4, -0.2) is 32.6 Å². The van der Waals surface area contributed by atoms with Crippen molar-refractivity contribution in [2.75, 3.05) is 26.8 Å². The first-order chi connectivity index (χ1) is 6.74. The second kappa shape index (κ2) is 6.14. The molecule has 0 radical (unpaired) electrons. The number of nitrogens with one attached hydrogen (secondary N) is 1. The molecule has 82 valence electrons. The first-order valence-corrected chi connectivity index (χ1v) is 5.46. The Kier molecular flexibility index (Phi) is 5.12. The number of Topliss-reactive ketones (excluding diaryl/α,β-unsaturated/α-hetero) is 1. The van der Waals surface area contributed by atoms with Gasteiger partial charge in [-0.05, 0) is 31.8 Å². The van der Waals surface area contributed by atoms with E-state index < -0.39 is 0 Å². The summed E-state index contributed by atoms with van der Waals surface area (Å²) in [7, 11) is 1.68. The highest BCUT2D eigenvalue weighted by Crippen LogP contribution is 2.16. The molecule has 1 aliphatic heterocycles. The highest BCUT2D eigenvalue weighted by atomic mass is 16.5. The van der Waals surface area contributed by atoms with Gasteiger partial charge in [0.2, 0.25) is 0 Å². The van der Waals surface area contributed by atoms with Gasteiger partial charge in [0.15, 0.2) is 0 Å². The van der Waals surface area contributed by atoms with E-state index in [1.165, 1.54) is 0 Å². The number of methoxy groups -OCH3 is 1. The van der Waals surface area contributed by atoms with Crippen molar-refractivity contribution in [2.24, 2.45) is 11.8 Å². The average Bonchev–Trinajstić information content (AvgIpc) is 2.66. The summed E-state index contributed by atoms with van der Waals surface area (Å²) in [6, 6.07) is 0. The quantitative estimate of drug-likeness (QED) is 0.699. The Hall–Kier alpha value is -0.410. The summed E-state index contributed by atoms with van der Waals surface area (Å²) < 4.78 is 4.97. The number of hydrogen-bond acceptors (Lipinski definition) is 3. The van der Waals surface area contributed by atoms with Gasteiger partial charge in [-0.25, -0.2) is 0 Å². The summed E-state index contributed by atoms with van der Waals surface area (Å²) >= 11 is 0. The number of hydrogen-bond donors (Lipinski definition) is 1. The van der Waals surface area contributed by atoms with Gasteiger partial charge in [-0.3, -0.25) is 4.79 Å².